The third kappa shape index (κ3) is 3.35. The van der Waals surface area contributed by atoms with Gasteiger partial charge in [-0.2, -0.15) is 0 Å². The second-order valence-electron chi connectivity index (χ2n) is 5.83. The highest BCUT2D eigenvalue weighted by atomic mass is 32.2. The molecule has 4 rings (SSSR count). The van der Waals surface area contributed by atoms with Crippen LogP contribution in [-0.2, 0) is 6.42 Å². The van der Waals surface area contributed by atoms with Gasteiger partial charge in [-0.15, -0.1) is 13.2 Å². The van der Waals surface area contributed by atoms with Crippen molar-refractivity contribution in [3.05, 3.63) is 76.1 Å². The molecule has 132 valence electrons. The van der Waals surface area contributed by atoms with Crippen molar-refractivity contribution in [1.29, 1.82) is 0 Å². The third-order valence-corrected chi connectivity index (χ3v) is 5.27. The number of ether oxygens (including phenoxy) is 1. The molecule has 0 saturated carbocycles. The van der Waals surface area contributed by atoms with Crippen molar-refractivity contribution in [1.82, 2.24) is 4.98 Å². The van der Waals surface area contributed by atoms with Gasteiger partial charge < -0.3 is 9.72 Å². The number of aromatic nitrogens is 1. The fraction of sp³-hybridized carbons (Fsp3) is 0.105. The highest BCUT2D eigenvalue weighted by Crippen LogP contribution is 2.40. The van der Waals surface area contributed by atoms with Gasteiger partial charge in [-0.25, -0.2) is 0 Å². The van der Waals surface area contributed by atoms with Crippen molar-refractivity contribution in [3.63, 3.8) is 0 Å². The van der Waals surface area contributed by atoms with E-state index in [1.165, 1.54) is 12.1 Å². The molecular formula is C19H12F3NO2S. The molecule has 0 unspecified atom stereocenters. The zero-order chi connectivity index (χ0) is 18.3. The molecule has 2 heterocycles. The maximum Gasteiger partial charge on any atom is 0.573 e. The first kappa shape index (κ1) is 16.8. The fourth-order valence-corrected chi connectivity index (χ4v) is 3.98. The molecular weight excluding hydrogens is 363 g/mol. The quantitative estimate of drug-likeness (QED) is 0.536. The Morgan fingerprint density at radius 2 is 1.77 bits per heavy atom. The lowest BCUT2D eigenvalue weighted by atomic mass is 10.0. The van der Waals surface area contributed by atoms with Crippen LogP contribution in [0.3, 0.4) is 0 Å². The molecule has 7 heteroatoms. The van der Waals surface area contributed by atoms with E-state index in [-0.39, 0.29) is 11.3 Å². The summed E-state index contributed by atoms with van der Waals surface area (Å²) < 4.78 is 41.2. The molecule has 1 aliphatic rings. The molecule has 0 amide bonds. The van der Waals surface area contributed by atoms with Crippen molar-refractivity contribution in [2.45, 2.75) is 22.6 Å². The van der Waals surface area contributed by atoms with Crippen LogP contribution in [0, 0.1) is 0 Å². The van der Waals surface area contributed by atoms with Gasteiger partial charge in [-0.1, -0.05) is 48.2 Å². The Morgan fingerprint density at radius 3 is 2.50 bits per heavy atom. The lowest BCUT2D eigenvalue weighted by Gasteiger charge is -2.20. The largest absolute Gasteiger partial charge is 0.573 e. The van der Waals surface area contributed by atoms with E-state index in [4.69, 9.17) is 0 Å². The van der Waals surface area contributed by atoms with Crippen molar-refractivity contribution >= 4 is 11.8 Å². The zero-order valence-electron chi connectivity index (χ0n) is 13.3. The van der Waals surface area contributed by atoms with Crippen LogP contribution in [0.15, 0.2) is 69.2 Å². The Labute approximate surface area is 150 Å². The second-order valence-corrected chi connectivity index (χ2v) is 6.88. The highest BCUT2D eigenvalue weighted by Gasteiger charge is 2.31. The van der Waals surface area contributed by atoms with Crippen LogP contribution in [0.2, 0.25) is 0 Å². The Bertz CT molecular complexity index is 1030. The zero-order valence-corrected chi connectivity index (χ0v) is 14.1. The maximum absolute atomic E-state index is 12.5. The normalized spacial score (nSPS) is 13.0. The molecule has 0 saturated heterocycles. The monoisotopic (exact) mass is 375 g/mol. The minimum Gasteiger partial charge on any atom is -0.406 e. The van der Waals surface area contributed by atoms with Crippen molar-refractivity contribution in [2.75, 3.05) is 0 Å². The summed E-state index contributed by atoms with van der Waals surface area (Å²) in [7, 11) is 0. The van der Waals surface area contributed by atoms with E-state index in [1.54, 1.807) is 6.07 Å². The van der Waals surface area contributed by atoms with Gasteiger partial charge in [-0.05, 0) is 41.3 Å². The number of halogens is 3. The van der Waals surface area contributed by atoms with Gasteiger partial charge in [-0.3, -0.25) is 4.79 Å². The summed E-state index contributed by atoms with van der Waals surface area (Å²) in [4.78, 5) is 16.4. The molecule has 0 atom stereocenters. The average molecular weight is 375 g/mol. The number of rotatable bonds is 2. The molecule has 3 aromatic rings. The predicted octanol–water partition coefficient (Wildman–Crippen LogP) is 5.00. The number of hydrogen-bond donors (Lipinski definition) is 1. The molecule has 2 aromatic carbocycles. The molecule has 0 aliphatic carbocycles. The minimum absolute atomic E-state index is 0.251. The van der Waals surface area contributed by atoms with Gasteiger partial charge in [0.15, 0.2) is 0 Å². The molecule has 3 nitrogen and oxygen atoms in total. The van der Waals surface area contributed by atoms with Crippen LogP contribution in [0.4, 0.5) is 13.2 Å². The topological polar surface area (TPSA) is 42.1 Å². The minimum atomic E-state index is -4.74. The molecule has 0 radical (unpaired) electrons. The molecule has 1 aliphatic heterocycles. The Kier molecular flexibility index (Phi) is 4.03. The van der Waals surface area contributed by atoms with Crippen LogP contribution < -0.4 is 10.3 Å². The predicted molar refractivity (Wildman–Crippen MR) is 92.6 cm³/mol. The average Bonchev–Trinajstić information content (AvgIpc) is 2.60. The fourth-order valence-electron chi connectivity index (χ4n) is 2.91. The van der Waals surface area contributed by atoms with E-state index in [2.05, 4.69) is 9.72 Å². The molecule has 0 spiro atoms. The van der Waals surface area contributed by atoms with Crippen LogP contribution in [0.1, 0.15) is 11.1 Å². The lowest BCUT2D eigenvalue weighted by molar-refractivity contribution is -0.274. The number of pyridine rings is 1. The number of hydrogen-bond acceptors (Lipinski definition) is 3. The van der Waals surface area contributed by atoms with E-state index in [1.807, 2.05) is 36.4 Å². The summed E-state index contributed by atoms with van der Waals surface area (Å²) in [5.74, 6) is -0.287. The molecule has 26 heavy (non-hydrogen) atoms. The summed E-state index contributed by atoms with van der Waals surface area (Å²) in [6.07, 6.45) is -4.26. The van der Waals surface area contributed by atoms with Crippen LogP contribution in [-0.4, -0.2) is 11.3 Å². The molecule has 0 fully saturated rings. The van der Waals surface area contributed by atoms with Crippen molar-refractivity contribution in [2.24, 2.45) is 0 Å². The van der Waals surface area contributed by atoms with Gasteiger partial charge in [0.2, 0.25) is 0 Å². The number of alkyl halides is 3. The van der Waals surface area contributed by atoms with Crippen molar-refractivity contribution in [3.8, 4) is 17.0 Å². The summed E-state index contributed by atoms with van der Waals surface area (Å²) in [6, 6.07) is 15.6. The van der Waals surface area contributed by atoms with Gasteiger partial charge in [0.25, 0.3) is 5.56 Å². The Balaban J connectivity index is 1.71. The number of nitrogens with one attached hydrogen (secondary N) is 1. The molecule has 1 aromatic heterocycles. The van der Waals surface area contributed by atoms with E-state index >= 15 is 0 Å². The van der Waals surface area contributed by atoms with E-state index in [0.717, 1.165) is 34.1 Å². The number of H-pyrrole nitrogens is 1. The molecule has 0 bridgehead atoms. The first-order valence-corrected chi connectivity index (χ1v) is 8.59. The number of benzene rings is 2. The van der Waals surface area contributed by atoms with Crippen LogP contribution in [0.5, 0.6) is 5.75 Å². The van der Waals surface area contributed by atoms with Crippen LogP contribution >= 0.6 is 11.8 Å². The van der Waals surface area contributed by atoms with E-state index in [0.29, 0.717) is 16.2 Å². The standard InChI is InChI=1S/C19H12F3NO2S/c20-19(21,22)25-14-7-6-12-8-13-9-15(11-4-2-1-3-5-11)23-18(24)17(13)26-16(12)10-14/h1-7,9-10H,8H2,(H,23,24). The number of fused-ring (bicyclic) bond motifs is 2. The van der Waals surface area contributed by atoms with Gasteiger partial charge in [0, 0.05) is 10.6 Å². The number of aromatic amines is 1. The first-order chi connectivity index (χ1) is 12.4. The highest BCUT2D eigenvalue weighted by molar-refractivity contribution is 7.99. The first-order valence-electron chi connectivity index (χ1n) is 7.77. The third-order valence-electron chi connectivity index (χ3n) is 4.01. The molecule has 1 N–H and O–H groups in total. The lowest BCUT2D eigenvalue weighted by Crippen LogP contribution is -2.18. The summed E-state index contributed by atoms with van der Waals surface area (Å²) in [5.41, 5.74) is 3.09. The second kappa shape index (κ2) is 6.25. The van der Waals surface area contributed by atoms with Crippen molar-refractivity contribution < 1.29 is 17.9 Å². The summed E-state index contributed by atoms with van der Waals surface area (Å²) in [5, 5.41) is 0. The van der Waals surface area contributed by atoms with E-state index in [9.17, 15) is 18.0 Å². The summed E-state index contributed by atoms with van der Waals surface area (Å²) in [6.45, 7) is 0. The van der Waals surface area contributed by atoms with E-state index < -0.39 is 6.36 Å². The SMILES string of the molecule is O=c1[nH]c(-c2ccccc2)cc2c1Sc1cc(OC(F)(F)F)ccc1C2. The smallest absolute Gasteiger partial charge is 0.406 e. The Hall–Kier alpha value is -2.67. The van der Waals surface area contributed by atoms with Gasteiger partial charge in [0.1, 0.15) is 5.75 Å². The Morgan fingerprint density at radius 1 is 1.00 bits per heavy atom. The van der Waals surface area contributed by atoms with Gasteiger partial charge in [0.05, 0.1) is 4.90 Å². The maximum atomic E-state index is 12.5. The summed E-state index contributed by atoms with van der Waals surface area (Å²) >= 11 is 1.16. The van der Waals surface area contributed by atoms with Crippen LogP contribution in [0.25, 0.3) is 11.3 Å². The van der Waals surface area contributed by atoms with Gasteiger partial charge >= 0.3 is 6.36 Å².